The van der Waals surface area contributed by atoms with Crippen LogP contribution in [0.1, 0.15) is 38.7 Å². The topological polar surface area (TPSA) is 46.5 Å². The third-order valence-electron chi connectivity index (χ3n) is 5.24. The standard InChI is InChI=1S/C19H28O3Si/c1-4-23(5-2,6-3)22-19-12-16(14-20)18(21)13-17(19)15-10-8-7-9-11-15/h7-12,17,19-20H,4-6,13-14H2,1-3H3/t17-,19+/m1/s1. The molecule has 23 heavy (non-hydrogen) atoms. The molecule has 126 valence electrons. The maximum Gasteiger partial charge on any atom is 0.192 e. The average molecular weight is 333 g/mol. The zero-order valence-corrected chi connectivity index (χ0v) is 15.4. The lowest BCUT2D eigenvalue weighted by molar-refractivity contribution is -0.117. The van der Waals surface area contributed by atoms with E-state index in [1.54, 1.807) is 0 Å². The lowest BCUT2D eigenvalue weighted by Crippen LogP contribution is -2.43. The summed E-state index contributed by atoms with van der Waals surface area (Å²) >= 11 is 0. The van der Waals surface area contributed by atoms with Gasteiger partial charge in [-0.2, -0.15) is 0 Å². The first-order chi connectivity index (χ1) is 11.1. The highest BCUT2D eigenvalue weighted by atomic mass is 28.4. The number of ketones is 1. The van der Waals surface area contributed by atoms with Gasteiger partial charge in [-0.3, -0.25) is 4.79 Å². The number of hydrogen-bond donors (Lipinski definition) is 1. The van der Waals surface area contributed by atoms with E-state index in [1.165, 1.54) is 0 Å². The summed E-state index contributed by atoms with van der Waals surface area (Å²) < 4.78 is 6.67. The fourth-order valence-corrected chi connectivity index (χ4v) is 6.22. The van der Waals surface area contributed by atoms with Gasteiger partial charge in [0.1, 0.15) is 0 Å². The predicted octanol–water partition coefficient (Wildman–Crippen LogP) is 4.05. The average Bonchev–Trinajstić information content (AvgIpc) is 2.61. The Hall–Kier alpha value is -1.23. The van der Waals surface area contributed by atoms with E-state index in [0.29, 0.717) is 12.0 Å². The van der Waals surface area contributed by atoms with Crippen molar-refractivity contribution in [2.75, 3.05) is 6.61 Å². The second-order valence-corrected chi connectivity index (χ2v) is 11.0. The Morgan fingerprint density at radius 3 is 2.26 bits per heavy atom. The third-order valence-corrected chi connectivity index (χ3v) is 9.88. The zero-order valence-electron chi connectivity index (χ0n) is 14.4. The van der Waals surface area contributed by atoms with Gasteiger partial charge in [0.15, 0.2) is 14.1 Å². The molecular formula is C19H28O3Si. The maximum atomic E-state index is 12.3. The van der Waals surface area contributed by atoms with Crippen molar-refractivity contribution in [3.05, 3.63) is 47.5 Å². The van der Waals surface area contributed by atoms with Gasteiger partial charge in [-0.15, -0.1) is 0 Å². The molecule has 0 bridgehead atoms. The van der Waals surface area contributed by atoms with E-state index < -0.39 is 8.32 Å². The second kappa shape index (κ2) is 8.04. The molecule has 3 nitrogen and oxygen atoms in total. The highest BCUT2D eigenvalue weighted by molar-refractivity contribution is 6.73. The summed E-state index contributed by atoms with van der Waals surface area (Å²) in [5.41, 5.74) is 1.65. The van der Waals surface area contributed by atoms with Crippen LogP contribution in [0.25, 0.3) is 0 Å². The molecule has 1 aliphatic rings. The summed E-state index contributed by atoms with van der Waals surface area (Å²) in [6.45, 7) is 6.43. The molecule has 0 amide bonds. The summed E-state index contributed by atoms with van der Waals surface area (Å²) in [4.78, 5) is 12.3. The Morgan fingerprint density at radius 1 is 1.13 bits per heavy atom. The minimum absolute atomic E-state index is 0.0398. The summed E-state index contributed by atoms with van der Waals surface area (Å²) in [5, 5.41) is 9.47. The molecule has 0 fully saturated rings. The van der Waals surface area contributed by atoms with Gasteiger partial charge in [0, 0.05) is 17.9 Å². The molecule has 2 rings (SSSR count). The van der Waals surface area contributed by atoms with Crippen molar-refractivity contribution in [1.82, 2.24) is 0 Å². The van der Waals surface area contributed by atoms with Crippen LogP contribution in [0, 0.1) is 0 Å². The van der Waals surface area contributed by atoms with Crippen LogP contribution < -0.4 is 0 Å². The normalized spacial score (nSPS) is 22.1. The first kappa shape index (κ1) is 18.1. The van der Waals surface area contributed by atoms with Crippen LogP contribution in [0.3, 0.4) is 0 Å². The van der Waals surface area contributed by atoms with Crippen LogP contribution in [0.5, 0.6) is 0 Å². The van der Waals surface area contributed by atoms with Gasteiger partial charge in [-0.05, 0) is 29.8 Å². The largest absolute Gasteiger partial charge is 0.410 e. The number of carbonyl (C=O) groups excluding carboxylic acids is 1. The lowest BCUT2D eigenvalue weighted by Gasteiger charge is -2.38. The van der Waals surface area contributed by atoms with Crippen molar-refractivity contribution in [1.29, 1.82) is 0 Å². The lowest BCUT2D eigenvalue weighted by atomic mass is 9.82. The molecule has 0 saturated carbocycles. The summed E-state index contributed by atoms with van der Waals surface area (Å²) in [6, 6.07) is 13.4. The van der Waals surface area contributed by atoms with Crippen LogP contribution in [-0.4, -0.2) is 31.9 Å². The highest BCUT2D eigenvalue weighted by Crippen LogP contribution is 2.36. The molecule has 0 heterocycles. The minimum Gasteiger partial charge on any atom is -0.410 e. The summed E-state index contributed by atoms with van der Waals surface area (Å²) in [7, 11) is -1.78. The molecule has 1 aromatic rings. The quantitative estimate of drug-likeness (QED) is 0.766. The van der Waals surface area contributed by atoms with E-state index in [2.05, 4.69) is 32.9 Å². The number of aliphatic hydroxyl groups excluding tert-OH is 1. The van der Waals surface area contributed by atoms with Crippen molar-refractivity contribution in [3.8, 4) is 0 Å². The van der Waals surface area contributed by atoms with Crippen molar-refractivity contribution in [3.63, 3.8) is 0 Å². The van der Waals surface area contributed by atoms with Gasteiger partial charge < -0.3 is 9.53 Å². The third kappa shape index (κ3) is 4.00. The molecule has 4 heteroatoms. The van der Waals surface area contributed by atoms with E-state index in [4.69, 9.17) is 4.43 Å². The van der Waals surface area contributed by atoms with Crippen LogP contribution >= 0.6 is 0 Å². The number of carbonyl (C=O) groups is 1. The smallest absolute Gasteiger partial charge is 0.192 e. The summed E-state index contributed by atoms with van der Waals surface area (Å²) in [6.07, 6.45) is 2.19. The highest BCUT2D eigenvalue weighted by Gasteiger charge is 2.38. The Bertz CT molecular complexity index is 541. The molecule has 0 radical (unpaired) electrons. The molecule has 0 aromatic heterocycles. The van der Waals surface area contributed by atoms with Crippen molar-refractivity contribution >= 4 is 14.1 Å². The van der Waals surface area contributed by atoms with Gasteiger partial charge in [0.25, 0.3) is 0 Å². The number of hydrogen-bond acceptors (Lipinski definition) is 3. The number of aliphatic hydroxyl groups is 1. The van der Waals surface area contributed by atoms with Gasteiger partial charge in [-0.25, -0.2) is 0 Å². The van der Waals surface area contributed by atoms with Gasteiger partial charge >= 0.3 is 0 Å². The number of Topliss-reactive ketones (excluding diaryl/α,β-unsaturated/α-hetero) is 1. The first-order valence-corrected chi connectivity index (χ1v) is 11.2. The molecule has 0 spiro atoms. The zero-order chi connectivity index (χ0) is 16.9. The van der Waals surface area contributed by atoms with E-state index in [-0.39, 0.29) is 24.4 Å². The van der Waals surface area contributed by atoms with Gasteiger partial charge in [0.2, 0.25) is 0 Å². The molecule has 1 aliphatic carbocycles. The van der Waals surface area contributed by atoms with Crippen LogP contribution in [0.4, 0.5) is 0 Å². The molecule has 0 saturated heterocycles. The molecule has 0 unspecified atom stereocenters. The number of rotatable bonds is 7. The Kier molecular flexibility index (Phi) is 6.33. The Balaban J connectivity index is 2.36. The molecule has 1 aromatic carbocycles. The van der Waals surface area contributed by atoms with Crippen molar-refractivity contribution in [2.24, 2.45) is 0 Å². The molecule has 1 N–H and O–H groups in total. The van der Waals surface area contributed by atoms with Crippen LogP contribution in [0.15, 0.2) is 42.0 Å². The van der Waals surface area contributed by atoms with Crippen LogP contribution in [-0.2, 0) is 9.22 Å². The summed E-state index contributed by atoms with van der Waals surface area (Å²) in [5.74, 6) is 0.0912. The minimum atomic E-state index is -1.78. The second-order valence-electron chi connectivity index (χ2n) is 6.32. The molecular weight excluding hydrogens is 304 g/mol. The van der Waals surface area contributed by atoms with Crippen molar-refractivity contribution in [2.45, 2.75) is 57.3 Å². The Morgan fingerprint density at radius 2 is 1.74 bits per heavy atom. The molecule has 0 aliphatic heterocycles. The Labute approximate surface area is 140 Å². The monoisotopic (exact) mass is 332 g/mol. The van der Waals surface area contributed by atoms with Gasteiger partial charge in [0.05, 0.1) is 12.7 Å². The molecule has 2 atom stereocenters. The van der Waals surface area contributed by atoms with Gasteiger partial charge in [-0.1, -0.05) is 51.1 Å². The van der Waals surface area contributed by atoms with E-state index in [1.807, 2.05) is 24.3 Å². The van der Waals surface area contributed by atoms with Crippen LogP contribution in [0.2, 0.25) is 18.1 Å². The maximum absolute atomic E-state index is 12.3. The fraction of sp³-hybridized carbons (Fsp3) is 0.526. The first-order valence-electron chi connectivity index (χ1n) is 8.66. The predicted molar refractivity (Wildman–Crippen MR) is 96.0 cm³/mol. The van der Waals surface area contributed by atoms with Crippen molar-refractivity contribution < 1.29 is 14.3 Å². The van der Waals surface area contributed by atoms with E-state index in [9.17, 15) is 9.90 Å². The van der Waals surface area contributed by atoms with E-state index >= 15 is 0 Å². The SMILES string of the molecule is CC[Si](CC)(CC)O[C@H]1C=C(CO)C(=O)C[C@@H]1c1ccccc1. The fourth-order valence-electron chi connectivity index (χ4n) is 3.41. The number of benzene rings is 1. The van der Waals surface area contributed by atoms with E-state index in [0.717, 1.165) is 23.7 Å².